The first-order chi connectivity index (χ1) is 21.7. The molecule has 45 heavy (non-hydrogen) atoms. The Morgan fingerprint density at radius 2 is 1.89 bits per heavy atom. The third-order valence-electron chi connectivity index (χ3n) is 6.52. The van der Waals surface area contributed by atoms with Gasteiger partial charge < -0.3 is 29.6 Å². The molecule has 0 aliphatic carbocycles. The first-order valence-electron chi connectivity index (χ1n) is 13.7. The van der Waals surface area contributed by atoms with Gasteiger partial charge in [0.2, 0.25) is 0 Å². The fraction of sp³-hybridized carbons (Fsp3) is 0.219. The number of rotatable bonds is 12. The van der Waals surface area contributed by atoms with Gasteiger partial charge in [0, 0.05) is 16.8 Å². The monoisotopic (exact) mass is 739 g/mol. The number of para-hydroxylation sites is 1. The van der Waals surface area contributed by atoms with E-state index in [-0.39, 0.29) is 19.8 Å². The summed E-state index contributed by atoms with van der Waals surface area (Å²) in [5, 5.41) is 19.8. The highest BCUT2D eigenvalue weighted by Crippen LogP contribution is 2.35. The summed E-state index contributed by atoms with van der Waals surface area (Å²) >= 11 is 7.45. The number of hydrogen-bond acceptors (Lipinski definition) is 9. The maximum atomic E-state index is 12.8. The maximum absolute atomic E-state index is 12.8. The molecule has 3 N–H and O–H groups in total. The molecule has 0 saturated carbocycles. The zero-order valence-electron chi connectivity index (χ0n) is 24.7. The van der Waals surface area contributed by atoms with Gasteiger partial charge in [-0.3, -0.25) is 4.79 Å². The zero-order valence-corrected chi connectivity index (χ0v) is 27.7. The SMILES string of the molecule is CCOC(=O)C1=C(C)NC(=S)N[C@@H]1c1ccccc1OCC(=O)NN=Cc1cc(I)c(OCc2ccccc2C#N)c(OC)c1. The summed E-state index contributed by atoms with van der Waals surface area (Å²) in [6, 6.07) is 19.3. The van der Waals surface area contributed by atoms with Crippen LogP contribution in [-0.4, -0.2) is 43.5 Å². The molecule has 232 valence electrons. The van der Waals surface area contributed by atoms with Crippen molar-refractivity contribution in [1.82, 2.24) is 16.1 Å². The third-order valence-corrected chi connectivity index (χ3v) is 7.54. The van der Waals surface area contributed by atoms with Crippen LogP contribution in [0.4, 0.5) is 0 Å². The molecule has 13 heteroatoms. The van der Waals surface area contributed by atoms with Crippen LogP contribution in [0.1, 0.15) is 42.1 Å². The topological polar surface area (TPSA) is 143 Å². The van der Waals surface area contributed by atoms with E-state index in [4.69, 9.17) is 31.2 Å². The Balaban J connectivity index is 1.40. The third kappa shape index (κ3) is 8.49. The number of amides is 1. The molecule has 0 saturated heterocycles. The van der Waals surface area contributed by atoms with Crippen LogP contribution in [0.5, 0.6) is 17.2 Å². The largest absolute Gasteiger partial charge is 0.493 e. The van der Waals surface area contributed by atoms with Gasteiger partial charge in [0.25, 0.3) is 5.91 Å². The number of halogens is 1. The molecule has 1 atom stereocenters. The van der Waals surface area contributed by atoms with Crippen LogP contribution >= 0.6 is 34.8 Å². The van der Waals surface area contributed by atoms with Crippen molar-refractivity contribution in [3.05, 3.63) is 97.8 Å². The van der Waals surface area contributed by atoms with Crippen molar-refractivity contribution < 1.29 is 28.5 Å². The summed E-state index contributed by atoms with van der Waals surface area (Å²) in [5.41, 5.74) is 5.97. The number of hydrazone groups is 1. The predicted molar refractivity (Wildman–Crippen MR) is 180 cm³/mol. The number of nitriles is 1. The van der Waals surface area contributed by atoms with E-state index in [1.54, 1.807) is 56.3 Å². The molecule has 0 unspecified atom stereocenters. The second kappa shape index (κ2) is 15.9. The van der Waals surface area contributed by atoms with Crippen molar-refractivity contribution in [3.8, 4) is 23.3 Å². The molecule has 0 bridgehead atoms. The summed E-state index contributed by atoms with van der Waals surface area (Å²) < 4.78 is 23.4. The van der Waals surface area contributed by atoms with Gasteiger partial charge in [0.15, 0.2) is 23.2 Å². The second-order valence-electron chi connectivity index (χ2n) is 9.50. The van der Waals surface area contributed by atoms with Crippen LogP contribution in [0.15, 0.2) is 77.0 Å². The lowest BCUT2D eigenvalue weighted by atomic mass is 9.95. The van der Waals surface area contributed by atoms with E-state index in [1.165, 1.54) is 13.3 Å². The molecule has 0 spiro atoms. The molecule has 0 radical (unpaired) electrons. The van der Waals surface area contributed by atoms with E-state index in [9.17, 15) is 14.9 Å². The lowest BCUT2D eigenvalue weighted by Gasteiger charge is -2.30. The summed E-state index contributed by atoms with van der Waals surface area (Å²) in [6.45, 7) is 3.56. The van der Waals surface area contributed by atoms with Crippen molar-refractivity contribution in [1.29, 1.82) is 5.26 Å². The zero-order chi connectivity index (χ0) is 32.3. The van der Waals surface area contributed by atoms with Gasteiger partial charge in [-0.05, 0) is 78.5 Å². The van der Waals surface area contributed by atoms with E-state index in [2.05, 4.69) is 49.8 Å². The Hall–Kier alpha value is -4.68. The van der Waals surface area contributed by atoms with Crippen LogP contribution < -0.4 is 30.3 Å². The van der Waals surface area contributed by atoms with Crippen molar-refractivity contribution >= 4 is 58.0 Å². The number of carbonyl (C=O) groups excluding carboxylic acids is 2. The van der Waals surface area contributed by atoms with E-state index in [0.29, 0.717) is 50.3 Å². The summed E-state index contributed by atoms with van der Waals surface area (Å²) in [4.78, 5) is 25.4. The van der Waals surface area contributed by atoms with E-state index in [1.807, 2.05) is 18.2 Å². The highest BCUT2D eigenvalue weighted by atomic mass is 127. The molecule has 3 aromatic carbocycles. The first kappa shape index (κ1) is 33.2. The van der Waals surface area contributed by atoms with Gasteiger partial charge in [0.1, 0.15) is 12.4 Å². The summed E-state index contributed by atoms with van der Waals surface area (Å²) in [7, 11) is 1.53. The molecule has 4 rings (SSSR count). The molecular weight excluding hydrogens is 709 g/mol. The second-order valence-corrected chi connectivity index (χ2v) is 11.1. The van der Waals surface area contributed by atoms with Crippen molar-refractivity contribution in [2.24, 2.45) is 5.10 Å². The Morgan fingerprint density at radius 1 is 1.13 bits per heavy atom. The molecule has 3 aromatic rings. The molecule has 11 nitrogen and oxygen atoms in total. The Labute approximate surface area is 279 Å². The van der Waals surface area contributed by atoms with Gasteiger partial charge in [-0.1, -0.05) is 36.4 Å². The van der Waals surface area contributed by atoms with Gasteiger partial charge in [-0.25, -0.2) is 10.2 Å². The standard InChI is InChI=1S/C32H30IN5O6S/c1-4-42-31(40)28-19(2)36-32(45)37-29(28)23-11-7-8-12-25(23)43-18-27(39)38-35-16-20-13-24(33)30(26(14-20)41-3)44-17-22-10-6-5-9-21(22)15-34/h5-14,16,29H,4,17-18H2,1-3H3,(H,38,39)(H2,36,37,45)/t29-/m1/s1. The van der Waals surface area contributed by atoms with Crippen molar-refractivity contribution in [2.75, 3.05) is 20.3 Å². The van der Waals surface area contributed by atoms with E-state index >= 15 is 0 Å². The van der Waals surface area contributed by atoms with E-state index < -0.39 is 17.9 Å². The highest BCUT2D eigenvalue weighted by molar-refractivity contribution is 14.1. The lowest BCUT2D eigenvalue weighted by molar-refractivity contribution is -0.139. The van der Waals surface area contributed by atoms with Gasteiger partial charge in [0.05, 0.1) is 46.7 Å². The minimum absolute atomic E-state index is 0.198. The number of esters is 1. The van der Waals surface area contributed by atoms with Crippen LogP contribution in [0.3, 0.4) is 0 Å². The smallest absolute Gasteiger partial charge is 0.338 e. The van der Waals surface area contributed by atoms with Crippen LogP contribution in [0.2, 0.25) is 0 Å². The number of hydrogen-bond donors (Lipinski definition) is 3. The van der Waals surface area contributed by atoms with Crippen molar-refractivity contribution in [2.45, 2.75) is 26.5 Å². The highest BCUT2D eigenvalue weighted by Gasteiger charge is 2.32. The number of thiocarbonyl (C=S) groups is 1. The maximum Gasteiger partial charge on any atom is 0.338 e. The molecule has 1 heterocycles. The normalized spacial score (nSPS) is 14.2. The lowest BCUT2D eigenvalue weighted by Crippen LogP contribution is -2.45. The van der Waals surface area contributed by atoms with Crippen LogP contribution in [0, 0.1) is 14.9 Å². The quantitative estimate of drug-likeness (QED) is 0.0791. The van der Waals surface area contributed by atoms with Crippen LogP contribution in [-0.2, 0) is 20.9 Å². The molecule has 0 aromatic heterocycles. The van der Waals surface area contributed by atoms with Crippen LogP contribution in [0.25, 0.3) is 0 Å². The van der Waals surface area contributed by atoms with Gasteiger partial charge >= 0.3 is 5.97 Å². The first-order valence-corrected chi connectivity index (χ1v) is 15.2. The summed E-state index contributed by atoms with van der Waals surface area (Å²) in [5.74, 6) is 0.408. The predicted octanol–water partition coefficient (Wildman–Crippen LogP) is 4.64. The minimum Gasteiger partial charge on any atom is -0.493 e. The molecule has 1 aliphatic heterocycles. The number of benzene rings is 3. The van der Waals surface area contributed by atoms with E-state index in [0.717, 1.165) is 9.13 Å². The van der Waals surface area contributed by atoms with Gasteiger partial charge in [-0.15, -0.1) is 0 Å². The van der Waals surface area contributed by atoms with Gasteiger partial charge in [-0.2, -0.15) is 10.4 Å². The summed E-state index contributed by atoms with van der Waals surface area (Å²) in [6.07, 6.45) is 1.48. The number of allylic oxidation sites excluding steroid dienone is 1. The molecular formula is C32H30IN5O6S. The molecule has 1 amide bonds. The number of methoxy groups -OCH3 is 1. The molecule has 0 fully saturated rings. The average Bonchev–Trinajstić information content (AvgIpc) is 3.03. The number of nitrogens with zero attached hydrogens (tertiary/aromatic N) is 2. The Morgan fingerprint density at radius 3 is 2.64 bits per heavy atom. The fourth-order valence-corrected chi connectivity index (χ4v) is 5.52. The number of ether oxygens (including phenoxy) is 4. The average molecular weight is 740 g/mol. The van der Waals surface area contributed by atoms with Crippen molar-refractivity contribution in [3.63, 3.8) is 0 Å². The minimum atomic E-state index is -0.638. The molecule has 1 aliphatic rings. The number of carbonyl (C=O) groups is 2. The number of nitrogens with one attached hydrogen (secondary N) is 3. The Bertz CT molecular complexity index is 1700. The fourth-order valence-electron chi connectivity index (χ4n) is 4.47. The Kier molecular flexibility index (Phi) is 11.7.